The Morgan fingerprint density at radius 3 is 2.37 bits per heavy atom. The van der Waals surface area contributed by atoms with Crippen LogP contribution in [0, 0.1) is 20.8 Å². The molecular weight excluding hydrogens is 240 g/mol. The fourth-order valence-electron chi connectivity index (χ4n) is 2.62. The molecule has 19 heavy (non-hydrogen) atoms. The Labute approximate surface area is 113 Å². The van der Waals surface area contributed by atoms with E-state index in [0.29, 0.717) is 6.54 Å². The van der Waals surface area contributed by atoms with E-state index in [1.807, 2.05) is 0 Å². The Kier molecular flexibility index (Phi) is 3.60. The van der Waals surface area contributed by atoms with Gasteiger partial charge in [-0.2, -0.15) is 0 Å². The van der Waals surface area contributed by atoms with Gasteiger partial charge in [0.1, 0.15) is 6.04 Å². The molecule has 1 fully saturated rings. The molecule has 1 aromatic carbocycles. The van der Waals surface area contributed by atoms with E-state index in [1.54, 1.807) is 11.8 Å². The smallest absolute Gasteiger partial charge is 0.242 e. The van der Waals surface area contributed by atoms with E-state index in [2.05, 4.69) is 38.2 Å². The summed E-state index contributed by atoms with van der Waals surface area (Å²) >= 11 is 0. The zero-order valence-electron chi connectivity index (χ0n) is 11.9. The average Bonchev–Trinajstić information content (AvgIpc) is 2.32. The largest absolute Gasteiger partial charge is 0.345 e. The van der Waals surface area contributed by atoms with Gasteiger partial charge >= 0.3 is 0 Å². The summed E-state index contributed by atoms with van der Waals surface area (Å²) in [7, 11) is 0. The Balaban J connectivity index is 2.30. The lowest BCUT2D eigenvalue weighted by Gasteiger charge is -2.33. The zero-order valence-corrected chi connectivity index (χ0v) is 11.9. The predicted octanol–water partition coefficient (Wildman–Crippen LogP) is 1.46. The number of hydrogen-bond acceptors (Lipinski definition) is 2. The number of aryl methyl sites for hydroxylation is 3. The topological polar surface area (TPSA) is 49.4 Å². The van der Waals surface area contributed by atoms with Gasteiger partial charge in [-0.3, -0.25) is 9.59 Å². The first-order valence-corrected chi connectivity index (χ1v) is 6.54. The summed E-state index contributed by atoms with van der Waals surface area (Å²) in [6.07, 6.45) is 0. The summed E-state index contributed by atoms with van der Waals surface area (Å²) in [5.74, 6) is -0.103. The van der Waals surface area contributed by atoms with E-state index >= 15 is 0 Å². The van der Waals surface area contributed by atoms with Gasteiger partial charge in [-0.1, -0.05) is 17.7 Å². The molecule has 1 aromatic rings. The van der Waals surface area contributed by atoms with E-state index in [-0.39, 0.29) is 18.4 Å². The Hall–Kier alpha value is -1.84. The second-order valence-electron chi connectivity index (χ2n) is 5.29. The summed E-state index contributed by atoms with van der Waals surface area (Å²) in [4.78, 5) is 25.3. The van der Waals surface area contributed by atoms with Crippen LogP contribution in [0.3, 0.4) is 0 Å². The van der Waals surface area contributed by atoms with E-state index in [0.717, 1.165) is 5.56 Å². The van der Waals surface area contributed by atoms with Gasteiger partial charge in [0.25, 0.3) is 0 Å². The van der Waals surface area contributed by atoms with Gasteiger partial charge in [0.15, 0.2) is 0 Å². The maximum atomic E-state index is 12.0. The van der Waals surface area contributed by atoms with E-state index in [4.69, 9.17) is 0 Å². The molecule has 0 bridgehead atoms. The van der Waals surface area contributed by atoms with Crippen molar-refractivity contribution in [2.45, 2.75) is 40.3 Å². The van der Waals surface area contributed by atoms with E-state index in [9.17, 15) is 9.59 Å². The summed E-state index contributed by atoms with van der Waals surface area (Å²) in [5, 5.41) is 2.61. The molecule has 1 atom stereocenters. The summed E-state index contributed by atoms with van der Waals surface area (Å²) in [5.41, 5.74) is 4.70. The summed E-state index contributed by atoms with van der Waals surface area (Å²) in [6, 6.07) is 3.82. The molecule has 0 spiro atoms. The van der Waals surface area contributed by atoms with Crippen molar-refractivity contribution in [1.29, 1.82) is 0 Å². The van der Waals surface area contributed by atoms with Crippen LogP contribution >= 0.6 is 0 Å². The number of piperazine rings is 1. The highest BCUT2D eigenvalue weighted by atomic mass is 16.2. The van der Waals surface area contributed by atoms with Crippen LogP contribution in [0.2, 0.25) is 0 Å². The maximum Gasteiger partial charge on any atom is 0.242 e. The lowest BCUT2D eigenvalue weighted by atomic mass is 9.98. The molecule has 1 N–H and O–H groups in total. The predicted molar refractivity (Wildman–Crippen MR) is 73.7 cm³/mol. The standard InChI is InChI=1S/C15H20N2O2/c1-9-5-10(2)13(11(3)6-9)8-17-12(4)15(19)16-7-14(17)18/h5-6,12H,7-8H2,1-4H3,(H,16,19). The number of nitrogens with zero attached hydrogens (tertiary/aromatic N) is 1. The molecule has 0 radical (unpaired) electrons. The monoisotopic (exact) mass is 260 g/mol. The second kappa shape index (κ2) is 5.03. The van der Waals surface area contributed by atoms with Crippen molar-refractivity contribution < 1.29 is 9.59 Å². The zero-order chi connectivity index (χ0) is 14.2. The van der Waals surface area contributed by atoms with Crippen molar-refractivity contribution in [3.05, 3.63) is 34.4 Å². The molecular formula is C15H20N2O2. The Morgan fingerprint density at radius 1 is 1.21 bits per heavy atom. The fourth-order valence-corrected chi connectivity index (χ4v) is 2.62. The minimum atomic E-state index is -0.402. The van der Waals surface area contributed by atoms with Crippen LogP contribution in [-0.4, -0.2) is 29.3 Å². The van der Waals surface area contributed by atoms with Crippen molar-refractivity contribution in [3.8, 4) is 0 Å². The van der Waals surface area contributed by atoms with Gasteiger partial charge in [-0.15, -0.1) is 0 Å². The van der Waals surface area contributed by atoms with Gasteiger partial charge < -0.3 is 10.2 Å². The first kappa shape index (κ1) is 13.6. The number of amides is 2. The fraction of sp³-hybridized carbons (Fsp3) is 0.467. The molecule has 0 saturated carbocycles. The molecule has 0 aliphatic carbocycles. The summed E-state index contributed by atoms with van der Waals surface area (Å²) < 4.78 is 0. The molecule has 1 saturated heterocycles. The molecule has 1 aliphatic rings. The molecule has 2 rings (SSSR count). The average molecular weight is 260 g/mol. The molecule has 1 unspecified atom stereocenters. The van der Waals surface area contributed by atoms with Crippen LogP contribution in [0.25, 0.3) is 0 Å². The van der Waals surface area contributed by atoms with Gasteiger partial charge in [0.2, 0.25) is 11.8 Å². The normalized spacial score (nSPS) is 19.6. The number of benzene rings is 1. The van der Waals surface area contributed by atoms with Gasteiger partial charge in [-0.25, -0.2) is 0 Å². The molecule has 2 amide bonds. The molecule has 1 heterocycles. The molecule has 0 aromatic heterocycles. The Morgan fingerprint density at radius 2 is 1.79 bits per heavy atom. The van der Waals surface area contributed by atoms with Crippen molar-refractivity contribution in [1.82, 2.24) is 10.2 Å². The van der Waals surface area contributed by atoms with Crippen LogP contribution in [0.4, 0.5) is 0 Å². The highest BCUT2D eigenvalue weighted by molar-refractivity contribution is 5.94. The third kappa shape index (κ3) is 2.62. The van der Waals surface area contributed by atoms with E-state index in [1.165, 1.54) is 16.7 Å². The minimum absolute atomic E-state index is 0.0218. The number of rotatable bonds is 2. The van der Waals surface area contributed by atoms with Crippen molar-refractivity contribution >= 4 is 11.8 Å². The lowest BCUT2D eigenvalue weighted by Crippen LogP contribution is -2.56. The van der Waals surface area contributed by atoms with Crippen molar-refractivity contribution in [3.63, 3.8) is 0 Å². The van der Waals surface area contributed by atoms with Gasteiger partial charge in [0, 0.05) is 6.54 Å². The first-order valence-electron chi connectivity index (χ1n) is 6.54. The van der Waals surface area contributed by atoms with Crippen molar-refractivity contribution in [2.75, 3.05) is 6.54 Å². The highest BCUT2D eigenvalue weighted by Gasteiger charge is 2.31. The van der Waals surface area contributed by atoms with Crippen LogP contribution in [0.15, 0.2) is 12.1 Å². The quantitative estimate of drug-likeness (QED) is 0.875. The number of nitrogens with one attached hydrogen (secondary N) is 1. The lowest BCUT2D eigenvalue weighted by molar-refractivity contribution is -0.145. The minimum Gasteiger partial charge on any atom is -0.345 e. The first-order chi connectivity index (χ1) is 8.90. The second-order valence-corrected chi connectivity index (χ2v) is 5.29. The van der Waals surface area contributed by atoms with Crippen LogP contribution < -0.4 is 5.32 Å². The SMILES string of the molecule is Cc1cc(C)c(CN2C(=O)CNC(=O)C2C)c(C)c1. The maximum absolute atomic E-state index is 12.0. The van der Waals surface area contributed by atoms with E-state index < -0.39 is 6.04 Å². The molecule has 102 valence electrons. The number of carbonyl (C=O) groups excluding carboxylic acids is 2. The molecule has 4 nitrogen and oxygen atoms in total. The number of carbonyl (C=O) groups is 2. The number of hydrogen-bond donors (Lipinski definition) is 1. The van der Waals surface area contributed by atoms with Crippen LogP contribution in [0.5, 0.6) is 0 Å². The van der Waals surface area contributed by atoms with Crippen molar-refractivity contribution in [2.24, 2.45) is 0 Å². The van der Waals surface area contributed by atoms with Crippen LogP contribution in [0.1, 0.15) is 29.2 Å². The molecule has 4 heteroatoms. The molecule has 1 aliphatic heterocycles. The summed E-state index contributed by atoms with van der Waals surface area (Å²) in [6.45, 7) is 8.54. The van der Waals surface area contributed by atoms with Gasteiger partial charge in [0.05, 0.1) is 6.54 Å². The highest BCUT2D eigenvalue weighted by Crippen LogP contribution is 2.20. The third-order valence-electron chi connectivity index (χ3n) is 3.75. The van der Waals surface area contributed by atoms with Crippen LogP contribution in [-0.2, 0) is 16.1 Å². The third-order valence-corrected chi connectivity index (χ3v) is 3.75. The Bertz CT molecular complexity index is 514. The van der Waals surface area contributed by atoms with Gasteiger partial charge in [-0.05, 0) is 44.4 Å².